The van der Waals surface area contributed by atoms with Crippen molar-refractivity contribution in [3.63, 3.8) is 0 Å². The predicted molar refractivity (Wildman–Crippen MR) is 79.2 cm³/mol. The zero-order valence-corrected chi connectivity index (χ0v) is 13.4. The fraction of sp³-hybridized carbons (Fsp3) is 0.600. The summed E-state index contributed by atoms with van der Waals surface area (Å²) in [7, 11) is -3.31. The zero-order chi connectivity index (χ0) is 15.2. The van der Waals surface area contributed by atoms with Crippen LogP contribution >= 0.6 is 15.9 Å². The van der Waals surface area contributed by atoms with Crippen molar-refractivity contribution in [1.82, 2.24) is 14.5 Å². The maximum Gasteiger partial charge on any atom is 0.283 e. The molecule has 1 heterocycles. The van der Waals surface area contributed by atoms with Crippen molar-refractivity contribution in [2.24, 2.45) is 0 Å². The molecule has 0 aliphatic rings. The second kappa shape index (κ2) is 7.72. The van der Waals surface area contributed by atoms with Crippen LogP contribution < -0.4 is 15.6 Å². The van der Waals surface area contributed by atoms with Crippen molar-refractivity contribution in [1.29, 1.82) is 0 Å². The lowest BCUT2D eigenvalue weighted by Gasteiger charge is -2.10. The molecule has 0 aliphatic heterocycles. The molecule has 0 spiro atoms. The molecule has 0 saturated heterocycles. The van der Waals surface area contributed by atoms with Crippen LogP contribution in [0.25, 0.3) is 0 Å². The molecule has 1 aromatic rings. The number of aliphatic hydroxyl groups excluding tert-OH is 1. The molecule has 0 amide bonds. The maximum absolute atomic E-state index is 11.8. The van der Waals surface area contributed by atoms with Crippen LogP contribution in [0.2, 0.25) is 0 Å². The number of nitrogens with one attached hydrogen (secondary N) is 2. The highest BCUT2D eigenvalue weighted by atomic mass is 79.9. The normalized spacial score (nSPS) is 11.6. The minimum Gasteiger partial charge on any atom is -0.394 e. The van der Waals surface area contributed by atoms with Crippen LogP contribution in [-0.4, -0.2) is 48.8 Å². The molecule has 114 valence electrons. The van der Waals surface area contributed by atoms with Crippen LogP contribution in [0, 0.1) is 0 Å². The number of rotatable bonds is 8. The summed E-state index contributed by atoms with van der Waals surface area (Å²) in [5.41, 5.74) is 0.0227. The number of nitrogens with zero attached hydrogens (tertiary/aromatic N) is 2. The average Bonchev–Trinajstić information content (AvgIpc) is 2.37. The van der Waals surface area contributed by atoms with Gasteiger partial charge in [0.1, 0.15) is 4.47 Å². The second-order valence-corrected chi connectivity index (χ2v) is 6.59. The van der Waals surface area contributed by atoms with Crippen molar-refractivity contribution in [2.45, 2.75) is 13.5 Å². The van der Waals surface area contributed by atoms with Crippen molar-refractivity contribution in [3.05, 3.63) is 21.0 Å². The van der Waals surface area contributed by atoms with Gasteiger partial charge in [-0.05, 0) is 15.9 Å². The van der Waals surface area contributed by atoms with Crippen molar-refractivity contribution in [3.8, 4) is 0 Å². The Labute approximate surface area is 125 Å². The fourth-order valence-corrected chi connectivity index (χ4v) is 2.86. The highest BCUT2D eigenvalue weighted by Crippen LogP contribution is 2.15. The number of anilines is 1. The first-order valence-corrected chi connectivity index (χ1v) is 8.43. The van der Waals surface area contributed by atoms with Gasteiger partial charge < -0.3 is 10.4 Å². The van der Waals surface area contributed by atoms with Gasteiger partial charge in [0.05, 0.1) is 30.8 Å². The van der Waals surface area contributed by atoms with Crippen LogP contribution in [0.15, 0.2) is 15.5 Å². The van der Waals surface area contributed by atoms with E-state index in [0.29, 0.717) is 12.2 Å². The van der Waals surface area contributed by atoms with E-state index in [1.54, 1.807) is 6.92 Å². The second-order valence-electron chi connectivity index (χ2n) is 3.87. The standard InChI is InChI=1S/C10H17BrN4O4S/c1-2-14-20(18,19)6-3-12-8-7-13-15(4-5-16)10(17)9(8)11/h7,12,14,16H,2-6H2,1H3. The highest BCUT2D eigenvalue weighted by Gasteiger charge is 2.11. The van der Waals surface area contributed by atoms with Crippen LogP contribution in [-0.2, 0) is 16.6 Å². The van der Waals surface area contributed by atoms with E-state index in [9.17, 15) is 13.2 Å². The molecule has 0 unspecified atom stereocenters. The molecule has 1 aromatic heterocycles. The van der Waals surface area contributed by atoms with E-state index in [2.05, 4.69) is 31.1 Å². The van der Waals surface area contributed by atoms with E-state index in [-0.39, 0.29) is 29.9 Å². The third-order valence-corrected chi connectivity index (χ3v) is 4.58. The van der Waals surface area contributed by atoms with Gasteiger partial charge in [-0.3, -0.25) is 4.79 Å². The molecule has 0 aromatic carbocycles. The third-order valence-electron chi connectivity index (χ3n) is 2.35. The number of hydrogen-bond acceptors (Lipinski definition) is 6. The molecule has 0 aliphatic carbocycles. The summed E-state index contributed by atoms with van der Waals surface area (Å²) in [5.74, 6) is -0.104. The third kappa shape index (κ3) is 4.85. The lowest BCUT2D eigenvalue weighted by molar-refractivity contribution is 0.266. The number of aliphatic hydroxyl groups is 1. The number of halogens is 1. The van der Waals surface area contributed by atoms with Gasteiger partial charge in [-0.15, -0.1) is 0 Å². The van der Waals surface area contributed by atoms with Gasteiger partial charge in [-0.1, -0.05) is 6.92 Å². The number of sulfonamides is 1. The Morgan fingerprint density at radius 2 is 2.20 bits per heavy atom. The monoisotopic (exact) mass is 368 g/mol. The van der Waals surface area contributed by atoms with E-state index < -0.39 is 15.6 Å². The van der Waals surface area contributed by atoms with Crippen LogP contribution in [0.1, 0.15) is 6.92 Å². The summed E-state index contributed by atoms with van der Waals surface area (Å²) in [5, 5.41) is 15.5. The van der Waals surface area contributed by atoms with Crippen molar-refractivity contribution in [2.75, 3.05) is 30.8 Å². The van der Waals surface area contributed by atoms with Crippen molar-refractivity contribution < 1.29 is 13.5 Å². The lowest BCUT2D eigenvalue weighted by atomic mass is 10.4. The van der Waals surface area contributed by atoms with E-state index in [4.69, 9.17) is 5.11 Å². The lowest BCUT2D eigenvalue weighted by Crippen LogP contribution is -2.30. The first-order chi connectivity index (χ1) is 9.41. The van der Waals surface area contributed by atoms with Gasteiger partial charge in [-0.2, -0.15) is 5.10 Å². The molecule has 20 heavy (non-hydrogen) atoms. The van der Waals surface area contributed by atoms with E-state index in [0.717, 1.165) is 4.68 Å². The zero-order valence-electron chi connectivity index (χ0n) is 11.0. The first kappa shape index (κ1) is 17.1. The molecular weight excluding hydrogens is 352 g/mol. The molecule has 1 rings (SSSR count). The van der Waals surface area contributed by atoms with Crippen LogP contribution in [0.4, 0.5) is 5.69 Å². The smallest absolute Gasteiger partial charge is 0.283 e. The summed E-state index contributed by atoms with van der Waals surface area (Å²) in [6.07, 6.45) is 1.40. The Morgan fingerprint density at radius 1 is 1.50 bits per heavy atom. The number of hydrogen-bond donors (Lipinski definition) is 3. The molecule has 0 atom stereocenters. The Morgan fingerprint density at radius 3 is 2.80 bits per heavy atom. The summed E-state index contributed by atoms with van der Waals surface area (Å²) in [6.45, 7) is 2.11. The topological polar surface area (TPSA) is 113 Å². The summed E-state index contributed by atoms with van der Waals surface area (Å²) >= 11 is 3.13. The van der Waals surface area contributed by atoms with Crippen LogP contribution in [0.3, 0.4) is 0 Å². The largest absolute Gasteiger partial charge is 0.394 e. The molecule has 0 bridgehead atoms. The summed E-state index contributed by atoms with van der Waals surface area (Å²) in [6, 6.07) is 0. The van der Waals surface area contributed by atoms with E-state index in [1.807, 2.05) is 0 Å². The SMILES string of the molecule is CCNS(=O)(=O)CCNc1cnn(CCO)c(=O)c1Br. The number of aromatic nitrogens is 2. The molecule has 8 nitrogen and oxygen atoms in total. The minimum absolute atomic E-state index is 0.104. The van der Waals surface area contributed by atoms with Gasteiger partial charge in [-0.25, -0.2) is 17.8 Å². The molecule has 10 heteroatoms. The predicted octanol–water partition coefficient (Wildman–Crippen LogP) is -0.651. The Bertz CT molecular complexity index is 602. The van der Waals surface area contributed by atoms with Gasteiger partial charge in [0.2, 0.25) is 10.0 Å². The Hall–Kier alpha value is -0.970. The van der Waals surface area contributed by atoms with Gasteiger partial charge >= 0.3 is 0 Å². The van der Waals surface area contributed by atoms with Gasteiger partial charge in [0.25, 0.3) is 5.56 Å². The van der Waals surface area contributed by atoms with E-state index in [1.165, 1.54) is 6.20 Å². The molecule has 3 N–H and O–H groups in total. The quantitative estimate of drug-likeness (QED) is 0.561. The highest BCUT2D eigenvalue weighted by molar-refractivity contribution is 9.10. The maximum atomic E-state index is 11.8. The van der Waals surface area contributed by atoms with Gasteiger partial charge in [0, 0.05) is 13.1 Å². The van der Waals surface area contributed by atoms with E-state index >= 15 is 0 Å². The summed E-state index contributed by atoms with van der Waals surface area (Å²) < 4.78 is 26.6. The molecule has 0 radical (unpaired) electrons. The average molecular weight is 369 g/mol. The Kier molecular flexibility index (Phi) is 6.59. The molecule has 0 fully saturated rings. The Balaban J connectivity index is 2.71. The summed E-state index contributed by atoms with van der Waals surface area (Å²) in [4.78, 5) is 11.8. The fourth-order valence-electron chi connectivity index (χ4n) is 1.45. The van der Waals surface area contributed by atoms with Crippen molar-refractivity contribution >= 4 is 31.6 Å². The van der Waals surface area contributed by atoms with Crippen LogP contribution in [0.5, 0.6) is 0 Å². The molecular formula is C10H17BrN4O4S. The van der Waals surface area contributed by atoms with Gasteiger partial charge in [0.15, 0.2) is 0 Å². The first-order valence-electron chi connectivity index (χ1n) is 5.99. The minimum atomic E-state index is -3.31. The molecule has 0 saturated carbocycles.